The highest BCUT2D eigenvalue weighted by atomic mass is 32.1. The molecule has 29 heavy (non-hydrogen) atoms. The van der Waals surface area contributed by atoms with Gasteiger partial charge in [-0.05, 0) is 48.6 Å². The number of hydrogen-bond donors (Lipinski definition) is 1. The van der Waals surface area contributed by atoms with Crippen LogP contribution in [-0.2, 0) is 13.1 Å². The molecular formula is C22H26N4O2S. The molecule has 2 aromatic heterocycles. The minimum Gasteiger partial charge on any atom is -0.447 e. The number of nitrogens with one attached hydrogen (secondary N) is 1. The molecule has 3 heterocycles. The third-order valence-electron chi connectivity index (χ3n) is 5.33. The second-order valence-electron chi connectivity index (χ2n) is 7.51. The standard InChI is InChI=1S/C22H26N4O2S/c1-16-5-6-18(12-17(16)2)23-22(27)20-15-28-21(24-20)14-26-9-7-25(8-10-26)13-19-4-3-11-29-19/h3-6,11-12,15H,7-10,13-14H2,1-2H3,(H,23,27). The average molecular weight is 411 g/mol. The van der Waals surface area contributed by atoms with Crippen LogP contribution >= 0.6 is 11.3 Å². The molecule has 1 aromatic carbocycles. The number of carbonyl (C=O) groups is 1. The lowest BCUT2D eigenvalue weighted by Gasteiger charge is -2.33. The zero-order valence-electron chi connectivity index (χ0n) is 16.9. The van der Waals surface area contributed by atoms with Gasteiger partial charge in [-0.15, -0.1) is 11.3 Å². The number of carbonyl (C=O) groups excluding carboxylic acids is 1. The molecule has 0 spiro atoms. The summed E-state index contributed by atoms with van der Waals surface area (Å²) in [5, 5.41) is 5.02. The number of aryl methyl sites for hydroxylation is 2. The highest BCUT2D eigenvalue weighted by Gasteiger charge is 2.20. The number of oxazole rings is 1. The molecule has 152 valence electrons. The minimum atomic E-state index is -0.246. The molecule has 1 aliphatic heterocycles. The van der Waals surface area contributed by atoms with Crippen molar-refractivity contribution in [2.24, 2.45) is 0 Å². The van der Waals surface area contributed by atoms with E-state index in [1.54, 1.807) is 0 Å². The number of anilines is 1. The maximum absolute atomic E-state index is 12.5. The van der Waals surface area contributed by atoms with E-state index in [4.69, 9.17) is 4.42 Å². The fraction of sp³-hybridized carbons (Fsp3) is 0.364. The number of piperazine rings is 1. The summed E-state index contributed by atoms with van der Waals surface area (Å²) >= 11 is 1.81. The van der Waals surface area contributed by atoms with Gasteiger partial charge < -0.3 is 9.73 Å². The van der Waals surface area contributed by atoms with Crippen LogP contribution in [0.1, 0.15) is 32.4 Å². The van der Waals surface area contributed by atoms with E-state index in [1.807, 2.05) is 43.4 Å². The molecule has 0 saturated carbocycles. The molecule has 3 aromatic rings. The van der Waals surface area contributed by atoms with Crippen molar-refractivity contribution in [3.8, 4) is 0 Å². The van der Waals surface area contributed by atoms with Gasteiger partial charge in [-0.1, -0.05) is 12.1 Å². The van der Waals surface area contributed by atoms with Crippen LogP contribution in [0.2, 0.25) is 0 Å². The Labute approximate surface area is 175 Å². The number of aromatic nitrogens is 1. The summed E-state index contributed by atoms with van der Waals surface area (Å²) in [5.41, 5.74) is 3.42. The first-order valence-corrected chi connectivity index (χ1v) is 10.7. The van der Waals surface area contributed by atoms with Crippen LogP contribution in [0, 0.1) is 13.8 Å². The Morgan fingerprint density at radius 1 is 1.10 bits per heavy atom. The molecule has 1 saturated heterocycles. The van der Waals surface area contributed by atoms with Gasteiger partial charge in [-0.25, -0.2) is 4.98 Å². The molecule has 7 heteroatoms. The van der Waals surface area contributed by atoms with Crippen molar-refractivity contribution in [3.05, 3.63) is 69.6 Å². The van der Waals surface area contributed by atoms with E-state index in [-0.39, 0.29) is 5.91 Å². The van der Waals surface area contributed by atoms with Gasteiger partial charge >= 0.3 is 0 Å². The summed E-state index contributed by atoms with van der Waals surface area (Å²) < 4.78 is 5.56. The van der Waals surface area contributed by atoms with Crippen LogP contribution in [0.3, 0.4) is 0 Å². The Morgan fingerprint density at radius 2 is 1.86 bits per heavy atom. The quantitative estimate of drug-likeness (QED) is 0.667. The van der Waals surface area contributed by atoms with Crippen LogP contribution in [0.5, 0.6) is 0 Å². The summed E-state index contributed by atoms with van der Waals surface area (Å²) in [4.78, 5) is 23.0. The van der Waals surface area contributed by atoms with Gasteiger partial charge in [0.05, 0.1) is 6.54 Å². The zero-order valence-corrected chi connectivity index (χ0v) is 17.7. The topological polar surface area (TPSA) is 61.6 Å². The van der Waals surface area contributed by atoms with Gasteiger partial charge in [0.2, 0.25) is 5.89 Å². The Kier molecular flexibility index (Phi) is 6.08. The summed E-state index contributed by atoms with van der Waals surface area (Å²) in [6.45, 7) is 9.72. The number of amides is 1. The molecule has 1 N–H and O–H groups in total. The minimum absolute atomic E-state index is 0.246. The van der Waals surface area contributed by atoms with E-state index in [9.17, 15) is 4.79 Å². The fourth-order valence-electron chi connectivity index (χ4n) is 3.42. The van der Waals surface area contributed by atoms with Gasteiger partial charge in [0.15, 0.2) is 5.69 Å². The summed E-state index contributed by atoms with van der Waals surface area (Å²) in [6, 6.07) is 10.2. The predicted octanol–water partition coefficient (Wildman–Crippen LogP) is 3.92. The molecule has 6 nitrogen and oxygen atoms in total. The largest absolute Gasteiger partial charge is 0.447 e. The Bertz CT molecular complexity index is 959. The molecule has 0 atom stereocenters. The van der Waals surface area contributed by atoms with Gasteiger partial charge in [-0.2, -0.15) is 0 Å². The van der Waals surface area contributed by atoms with E-state index in [0.717, 1.165) is 44.0 Å². The first-order chi connectivity index (χ1) is 14.1. The molecule has 1 aliphatic rings. The maximum Gasteiger partial charge on any atom is 0.277 e. The van der Waals surface area contributed by atoms with Crippen LogP contribution in [0.25, 0.3) is 0 Å². The van der Waals surface area contributed by atoms with E-state index < -0.39 is 0 Å². The third-order valence-corrected chi connectivity index (χ3v) is 6.19. The molecule has 4 rings (SSSR count). The lowest BCUT2D eigenvalue weighted by molar-refractivity contribution is 0.102. The van der Waals surface area contributed by atoms with Crippen LogP contribution in [0.15, 0.2) is 46.4 Å². The predicted molar refractivity (Wildman–Crippen MR) is 115 cm³/mol. The fourth-order valence-corrected chi connectivity index (χ4v) is 4.17. The van der Waals surface area contributed by atoms with Gasteiger partial charge in [0, 0.05) is 43.3 Å². The monoisotopic (exact) mass is 410 g/mol. The molecular weight excluding hydrogens is 384 g/mol. The Hall–Kier alpha value is -2.48. The van der Waals surface area contributed by atoms with E-state index >= 15 is 0 Å². The second-order valence-corrected chi connectivity index (χ2v) is 8.54. The van der Waals surface area contributed by atoms with E-state index in [2.05, 4.69) is 37.6 Å². The van der Waals surface area contributed by atoms with Crippen LogP contribution in [0.4, 0.5) is 5.69 Å². The summed E-state index contributed by atoms with van der Waals surface area (Å²) in [7, 11) is 0. The first kappa shape index (κ1) is 19.8. The normalized spacial score (nSPS) is 15.5. The molecule has 0 aliphatic carbocycles. The molecule has 1 fully saturated rings. The smallest absolute Gasteiger partial charge is 0.277 e. The van der Waals surface area contributed by atoms with Gasteiger partial charge in [-0.3, -0.25) is 14.6 Å². The van der Waals surface area contributed by atoms with Crippen LogP contribution in [-0.4, -0.2) is 46.9 Å². The van der Waals surface area contributed by atoms with Crippen molar-refractivity contribution in [1.82, 2.24) is 14.8 Å². The van der Waals surface area contributed by atoms with E-state index in [1.165, 1.54) is 16.7 Å². The maximum atomic E-state index is 12.5. The van der Waals surface area contributed by atoms with Crippen molar-refractivity contribution in [3.63, 3.8) is 0 Å². The second kappa shape index (κ2) is 8.90. The van der Waals surface area contributed by atoms with Gasteiger partial charge in [0.25, 0.3) is 5.91 Å². The third kappa shape index (κ3) is 5.12. The van der Waals surface area contributed by atoms with Crippen molar-refractivity contribution in [2.75, 3.05) is 31.5 Å². The Morgan fingerprint density at radius 3 is 2.55 bits per heavy atom. The highest BCUT2D eigenvalue weighted by Crippen LogP contribution is 2.17. The van der Waals surface area contributed by atoms with Crippen molar-refractivity contribution in [1.29, 1.82) is 0 Å². The molecule has 0 bridgehead atoms. The van der Waals surface area contributed by atoms with Crippen molar-refractivity contribution in [2.45, 2.75) is 26.9 Å². The van der Waals surface area contributed by atoms with Crippen molar-refractivity contribution < 1.29 is 9.21 Å². The number of benzene rings is 1. The SMILES string of the molecule is Cc1ccc(NC(=O)c2coc(CN3CCN(Cc4cccs4)CC3)n2)cc1C. The lowest BCUT2D eigenvalue weighted by atomic mass is 10.1. The number of nitrogens with zero attached hydrogens (tertiary/aromatic N) is 3. The molecule has 0 unspecified atom stereocenters. The summed E-state index contributed by atoms with van der Waals surface area (Å²) in [5.74, 6) is 0.339. The summed E-state index contributed by atoms with van der Waals surface area (Å²) in [6.07, 6.45) is 1.44. The van der Waals surface area contributed by atoms with Crippen molar-refractivity contribution >= 4 is 22.9 Å². The van der Waals surface area contributed by atoms with E-state index in [0.29, 0.717) is 18.1 Å². The molecule has 0 radical (unpaired) electrons. The number of rotatable bonds is 6. The average Bonchev–Trinajstić information content (AvgIpc) is 3.38. The van der Waals surface area contributed by atoms with Gasteiger partial charge in [0.1, 0.15) is 6.26 Å². The highest BCUT2D eigenvalue weighted by molar-refractivity contribution is 7.09. The Balaban J connectivity index is 1.28. The molecule has 1 amide bonds. The lowest BCUT2D eigenvalue weighted by Crippen LogP contribution is -2.45. The zero-order chi connectivity index (χ0) is 20.2. The number of hydrogen-bond acceptors (Lipinski definition) is 6. The number of thiophene rings is 1. The first-order valence-electron chi connectivity index (χ1n) is 9.87. The van der Waals surface area contributed by atoms with Crippen LogP contribution < -0.4 is 5.32 Å².